The molecule has 1 heterocycles. The highest BCUT2D eigenvalue weighted by atomic mass is 19.3. The Bertz CT molecular complexity index is 792. The van der Waals surface area contributed by atoms with Crippen LogP contribution >= 0.6 is 0 Å². The van der Waals surface area contributed by atoms with Gasteiger partial charge < -0.3 is 19.6 Å². The molecule has 1 N–H and O–H groups in total. The molecule has 5 nitrogen and oxygen atoms in total. The molecule has 1 aromatic carbocycles. The van der Waals surface area contributed by atoms with Crippen molar-refractivity contribution in [2.24, 2.45) is 0 Å². The first-order chi connectivity index (χ1) is 11.3. The van der Waals surface area contributed by atoms with Crippen LogP contribution in [-0.4, -0.2) is 23.3 Å². The van der Waals surface area contributed by atoms with Crippen LogP contribution < -0.4 is 9.84 Å². The number of ketones is 1. The minimum Gasteiger partial charge on any atom is -0.543 e. The molecule has 0 fully saturated rings. The molecule has 0 saturated carbocycles. The maximum Gasteiger partial charge on any atom is 0.387 e. The molecule has 7 heteroatoms. The molecule has 1 aromatic heterocycles. The summed E-state index contributed by atoms with van der Waals surface area (Å²) in [5, 5.41) is 11.0. The van der Waals surface area contributed by atoms with E-state index < -0.39 is 12.6 Å². The third kappa shape index (κ3) is 3.87. The van der Waals surface area contributed by atoms with Crippen LogP contribution in [0.1, 0.15) is 37.7 Å². The van der Waals surface area contributed by atoms with E-state index in [1.54, 1.807) is 6.92 Å². The monoisotopic (exact) mass is 334 g/mol. The number of benzene rings is 1. The van der Waals surface area contributed by atoms with Crippen molar-refractivity contribution in [2.75, 3.05) is 0 Å². The fourth-order valence-electron chi connectivity index (χ4n) is 2.34. The molecular weight excluding hydrogens is 320 g/mol. The maximum atomic E-state index is 12.3. The van der Waals surface area contributed by atoms with E-state index in [-0.39, 0.29) is 22.8 Å². The van der Waals surface area contributed by atoms with Gasteiger partial charge in [0.15, 0.2) is 5.78 Å². The van der Waals surface area contributed by atoms with Gasteiger partial charge in [-0.25, -0.2) is 0 Å². The fourth-order valence-corrected chi connectivity index (χ4v) is 2.34. The normalized spacial score (nSPS) is 11.2. The van der Waals surface area contributed by atoms with Gasteiger partial charge in [-0.2, -0.15) is 8.78 Å². The van der Waals surface area contributed by atoms with E-state index in [1.165, 1.54) is 43.3 Å². The second-order valence-corrected chi connectivity index (χ2v) is 5.06. The Balaban J connectivity index is 2.18. The van der Waals surface area contributed by atoms with Crippen molar-refractivity contribution >= 4 is 17.8 Å². The summed E-state index contributed by atoms with van der Waals surface area (Å²) in [6.45, 7) is 0.217. The van der Waals surface area contributed by atoms with E-state index in [1.807, 2.05) is 0 Å². The van der Waals surface area contributed by atoms with Crippen LogP contribution in [0.2, 0.25) is 0 Å². The lowest BCUT2D eigenvalue weighted by Gasteiger charge is -2.03. The number of nitrogens with one attached hydrogen (secondary N) is 1. The smallest absolute Gasteiger partial charge is 0.387 e. The van der Waals surface area contributed by atoms with Gasteiger partial charge >= 0.3 is 6.61 Å². The van der Waals surface area contributed by atoms with Crippen LogP contribution in [0.4, 0.5) is 8.78 Å². The van der Waals surface area contributed by atoms with Crippen molar-refractivity contribution in [3.63, 3.8) is 0 Å². The topological polar surface area (TPSA) is 82.2 Å². The molecule has 0 aliphatic carbocycles. The molecule has 0 radical (unpaired) electrons. The van der Waals surface area contributed by atoms with Crippen molar-refractivity contribution in [1.82, 2.24) is 4.98 Å². The summed E-state index contributed by atoms with van der Waals surface area (Å²) in [6, 6.07) is 5.75. The van der Waals surface area contributed by atoms with E-state index >= 15 is 0 Å². The summed E-state index contributed by atoms with van der Waals surface area (Å²) in [5.74, 6) is -1.74. The lowest BCUT2D eigenvalue weighted by atomic mass is 10.0. The molecule has 0 unspecified atom stereocenters. The average Bonchev–Trinajstić information content (AvgIpc) is 2.81. The Morgan fingerprint density at radius 2 is 1.83 bits per heavy atom. The Morgan fingerprint density at radius 1 is 1.21 bits per heavy atom. The highest BCUT2D eigenvalue weighted by molar-refractivity contribution is 6.10. The number of halogens is 2. The number of hydrogen-bond donors (Lipinski definition) is 1. The number of carbonyl (C=O) groups is 2. The number of ether oxygens (including phenoxy) is 1. The summed E-state index contributed by atoms with van der Waals surface area (Å²) in [6.07, 6.45) is 2.78. The second-order valence-electron chi connectivity index (χ2n) is 5.06. The summed E-state index contributed by atoms with van der Waals surface area (Å²) < 4.78 is 28.4. The zero-order chi connectivity index (χ0) is 17.9. The van der Waals surface area contributed by atoms with Gasteiger partial charge in [0.25, 0.3) is 0 Å². The zero-order valence-electron chi connectivity index (χ0n) is 12.9. The van der Waals surface area contributed by atoms with E-state index in [9.17, 15) is 23.5 Å². The number of carboxylic acids is 1. The third-order valence-electron chi connectivity index (χ3n) is 3.42. The zero-order valence-corrected chi connectivity index (χ0v) is 12.9. The number of aromatic amines is 1. The van der Waals surface area contributed by atoms with Crippen LogP contribution in [0.3, 0.4) is 0 Å². The first-order valence-corrected chi connectivity index (χ1v) is 6.97. The SMILES string of the molecule is Cc1[nH]c(C(=O)[O-])c(C)c1C(=O)/C=C/c1ccc(OC(F)F)cc1. The van der Waals surface area contributed by atoms with E-state index in [4.69, 9.17) is 0 Å². The number of aryl methyl sites for hydroxylation is 1. The molecule has 2 rings (SSSR count). The first-order valence-electron chi connectivity index (χ1n) is 6.97. The van der Waals surface area contributed by atoms with Gasteiger partial charge in [0.2, 0.25) is 0 Å². The first kappa shape index (κ1) is 17.4. The molecule has 0 bridgehead atoms. The van der Waals surface area contributed by atoms with Gasteiger partial charge in [0.05, 0.1) is 11.7 Å². The highest BCUT2D eigenvalue weighted by Gasteiger charge is 2.16. The van der Waals surface area contributed by atoms with Gasteiger partial charge in [0, 0.05) is 11.3 Å². The molecule has 0 atom stereocenters. The number of alkyl halides is 2. The number of aromatic nitrogens is 1. The summed E-state index contributed by atoms with van der Waals surface area (Å²) in [7, 11) is 0. The Hall–Kier alpha value is -2.96. The number of aromatic carboxylic acids is 1. The minimum absolute atomic E-state index is 0.0180. The number of carbonyl (C=O) groups excluding carboxylic acids is 2. The van der Waals surface area contributed by atoms with Gasteiger partial charge in [-0.3, -0.25) is 4.79 Å². The Kier molecular flexibility index (Phi) is 5.13. The number of carboxylic acid groups (broad SMARTS) is 1. The maximum absolute atomic E-state index is 12.3. The van der Waals surface area contributed by atoms with Crippen LogP contribution in [-0.2, 0) is 0 Å². The molecule has 0 amide bonds. The van der Waals surface area contributed by atoms with Gasteiger partial charge in [0.1, 0.15) is 5.75 Å². The molecular formula is C17H14F2NO4-. The summed E-state index contributed by atoms with van der Waals surface area (Å²) >= 11 is 0. The Labute approximate surface area is 136 Å². The number of rotatable bonds is 6. The second kappa shape index (κ2) is 7.08. The molecule has 2 aromatic rings. The molecule has 0 spiro atoms. The lowest BCUT2D eigenvalue weighted by molar-refractivity contribution is -0.255. The van der Waals surface area contributed by atoms with Crippen molar-refractivity contribution in [1.29, 1.82) is 0 Å². The standard InChI is InChI=1S/C17H15F2NO4/c1-9-14(10(2)20-15(9)16(22)23)13(21)8-5-11-3-6-12(7-4-11)24-17(18)19/h3-8,17,20H,1-2H3,(H,22,23)/p-1/b8-5+. The van der Waals surface area contributed by atoms with Crippen LogP contribution in [0, 0.1) is 13.8 Å². The third-order valence-corrected chi connectivity index (χ3v) is 3.42. The van der Waals surface area contributed by atoms with Crippen LogP contribution in [0.15, 0.2) is 30.3 Å². The minimum atomic E-state index is -2.90. The highest BCUT2D eigenvalue weighted by Crippen LogP contribution is 2.20. The molecule has 0 saturated heterocycles. The van der Waals surface area contributed by atoms with Crippen molar-refractivity contribution < 1.29 is 28.2 Å². The van der Waals surface area contributed by atoms with Crippen molar-refractivity contribution in [3.05, 3.63) is 58.4 Å². The van der Waals surface area contributed by atoms with Gasteiger partial charge in [-0.1, -0.05) is 18.2 Å². The van der Waals surface area contributed by atoms with Gasteiger partial charge in [-0.05, 0) is 43.2 Å². The Morgan fingerprint density at radius 3 is 2.33 bits per heavy atom. The summed E-state index contributed by atoms with van der Waals surface area (Å²) in [4.78, 5) is 25.8. The quantitative estimate of drug-likeness (QED) is 0.650. The van der Waals surface area contributed by atoms with Crippen molar-refractivity contribution in [2.45, 2.75) is 20.5 Å². The summed E-state index contributed by atoms with van der Waals surface area (Å²) in [5.41, 5.74) is 1.49. The predicted molar refractivity (Wildman–Crippen MR) is 81.0 cm³/mol. The fraction of sp³-hybridized carbons (Fsp3) is 0.176. The molecule has 24 heavy (non-hydrogen) atoms. The predicted octanol–water partition coefficient (Wildman–Crippen LogP) is 2.49. The molecule has 126 valence electrons. The number of hydrogen-bond acceptors (Lipinski definition) is 4. The van der Waals surface area contributed by atoms with Crippen LogP contribution in [0.25, 0.3) is 6.08 Å². The van der Waals surface area contributed by atoms with E-state index in [0.29, 0.717) is 16.8 Å². The van der Waals surface area contributed by atoms with E-state index in [0.717, 1.165) is 0 Å². The van der Waals surface area contributed by atoms with Gasteiger partial charge in [-0.15, -0.1) is 0 Å². The largest absolute Gasteiger partial charge is 0.543 e. The average molecular weight is 334 g/mol. The molecule has 0 aliphatic heterocycles. The lowest BCUT2D eigenvalue weighted by Crippen LogP contribution is -2.23. The van der Waals surface area contributed by atoms with Crippen LogP contribution in [0.5, 0.6) is 5.75 Å². The number of allylic oxidation sites excluding steroid dienone is 1. The molecule has 0 aliphatic rings. The van der Waals surface area contributed by atoms with E-state index in [2.05, 4.69) is 9.72 Å². The van der Waals surface area contributed by atoms with Crippen molar-refractivity contribution in [3.8, 4) is 5.75 Å². The number of H-pyrrole nitrogens is 1.